The number of hydrogen-bond acceptors (Lipinski definition) is 4. The first-order valence-corrected chi connectivity index (χ1v) is 7.74. The van der Waals surface area contributed by atoms with E-state index in [-0.39, 0.29) is 0 Å². The van der Waals surface area contributed by atoms with Crippen molar-refractivity contribution < 1.29 is 4.74 Å². The average molecular weight is 270 g/mol. The van der Waals surface area contributed by atoms with Crippen LogP contribution in [0.4, 0.5) is 0 Å². The molecule has 0 aromatic carbocycles. The number of thiazole rings is 1. The Morgan fingerprint density at radius 3 is 2.72 bits per heavy atom. The second-order valence-electron chi connectivity index (χ2n) is 4.91. The molecule has 0 amide bonds. The van der Waals surface area contributed by atoms with Crippen molar-refractivity contribution in [3.63, 3.8) is 0 Å². The van der Waals surface area contributed by atoms with E-state index in [1.54, 1.807) is 11.3 Å². The van der Waals surface area contributed by atoms with Gasteiger partial charge >= 0.3 is 0 Å². The van der Waals surface area contributed by atoms with Crippen LogP contribution in [0.1, 0.15) is 49.7 Å². The van der Waals surface area contributed by atoms with Crippen LogP contribution in [0.3, 0.4) is 0 Å². The highest BCUT2D eigenvalue weighted by molar-refractivity contribution is 7.11. The largest absolute Gasteiger partial charge is 0.374 e. The lowest BCUT2D eigenvalue weighted by atomic mass is 10.1. The SMILES string of the molecule is CCCOCc1nc(CC(C)C)c(CNCC)s1. The number of hydrogen-bond donors (Lipinski definition) is 1. The molecule has 1 heterocycles. The van der Waals surface area contributed by atoms with Crippen LogP contribution < -0.4 is 5.32 Å². The van der Waals surface area contributed by atoms with Crippen LogP contribution >= 0.6 is 11.3 Å². The smallest absolute Gasteiger partial charge is 0.119 e. The van der Waals surface area contributed by atoms with Crippen molar-refractivity contribution in [1.29, 1.82) is 0 Å². The Bertz CT molecular complexity index is 337. The molecule has 1 N–H and O–H groups in total. The van der Waals surface area contributed by atoms with Gasteiger partial charge in [-0.05, 0) is 25.3 Å². The van der Waals surface area contributed by atoms with Gasteiger partial charge in [0.1, 0.15) is 5.01 Å². The number of ether oxygens (including phenoxy) is 1. The van der Waals surface area contributed by atoms with Gasteiger partial charge in [0, 0.05) is 18.0 Å². The zero-order chi connectivity index (χ0) is 13.4. The zero-order valence-corrected chi connectivity index (χ0v) is 12.9. The molecule has 0 aliphatic rings. The minimum atomic E-state index is 0.650. The van der Waals surface area contributed by atoms with E-state index in [0.29, 0.717) is 12.5 Å². The fourth-order valence-corrected chi connectivity index (χ4v) is 2.73. The highest BCUT2D eigenvalue weighted by atomic mass is 32.1. The lowest BCUT2D eigenvalue weighted by Crippen LogP contribution is -2.12. The van der Waals surface area contributed by atoms with Crippen molar-refractivity contribution in [1.82, 2.24) is 10.3 Å². The van der Waals surface area contributed by atoms with E-state index in [9.17, 15) is 0 Å². The van der Waals surface area contributed by atoms with Crippen molar-refractivity contribution in [3.8, 4) is 0 Å². The molecule has 0 aliphatic carbocycles. The molecule has 18 heavy (non-hydrogen) atoms. The normalized spacial score (nSPS) is 11.4. The Kier molecular flexibility index (Phi) is 7.47. The minimum Gasteiger partial charge on any atom is -0.374 e. The van der Waals surface area contributed by atoms with Crippen molar-refractivity contribution in [2.45, 2.75) is 53.7 Å². The first-order valence-electron chi connectivity index (χ1n) is 6.93. The summed E-state index contributed by atoms with van der Waals surface area (Å²) in [6, 6.07) is 0. The Morgan fingerprint density at radius 2 is 2.11 bits per heavy atom. The van der Waals surface area contributed by atoms with Crippen molar-refractivity contribution in [2.75, 3.05) is 13.2 Å². The van der Waals surface area contributed by atoms with Crippen molar-refractivity contribution in [2.24, 2.45) is 5.92 Å². The van der Waals surface area contributed by atoms with Crippen molar-refractivity contribution >= 4 is 11.3 Å². The maximum atomic E-state index is 5.57. The van der Waals surface area contributed by atoms with Crippen LogP contribution in [0.5, 0.6) is 0 Å². The van der Waals surface area contributed by atoms with Crippen LogP contribution in [-0.4, -0.2) is 18.1 Å². The third-order valence-electron chi connectivity index (χ3n) is 2.53. The Morgan fingerprint density at radius 1 is 1.33 bits per heavy atom. The molecule has 0 unspecified atom stereocenters. The standard InChI is InChI=1S/C14H26N2OS/c1-5-7-17-10-14-16-12(8-11(3)4)13(18-14)9-15-6-2/h11,15H,5-10H2,1-4H3. The van der Waals surface area contributed by atoms with E-state index in [1.165, 1.54) is 10.6 Å². The van der Waals surface area contributed by atoms with Crippen LogP contribution in [0.25, 0.3) is 0 Å². The first kappa shape index (κ1) is 15.6. The molecule has 1 aromatic heterocycles. The lowest BCUT2D eigenvalue weighted by molar-refractivity contribution is 0.121. The molecule has 0 saturated heterocycles. The second-order valence-corrected chi connectivity index (χ2v) is 6.08. The summed E-state index contributed by atoms with van der Waals surface area (Å²) in [5.41, 5.74) is 1.26. The van der Waals surface area contributed by atoms with Crippen LogP contribution in [0.15, 0.2) is 0 Å². The summed E-state index contributed by atoms with van der Waals surface area (Å²) in [6.07, 6.45) is 2.12. The molecule has 0 spiro atoms. The van der Waals surface area contributed by atoms with Gasteiger partial charge in [-0.1, -0.05) is 27.7 Å². The summed E-state index contributed by atoms with van der Waals surface area (Å²) >= 11 is 1.79. The fourth-order valence-electron chi connectivity index (χ4n) is 1.73. The van der Waals surface area contributed by atoms with Gasteiger partial charge in [0.05, 0.1) is 12.3 Å². The van der Waals surface area contributed by atoms with Gasteiger partial charge in [0.15, 0.2) is 0 Å². The monoisotopic (exact) mass is 270 g/mol. The summed E-state index contributed by atoms with van der Waals surface area (Å²) in [5, 5.41) is 4.51. The number of nitrogens with one attached hydrogen (secondary N) is 1. The van der Waals surface area contributed by atoms with E-state index >= 15 is 0 Å². The highest BCUT2D eigenvalue weighted by Gasteiger charge is 2.12. The first-order chi connectivity index (χ1) is 8.67. The number of aromatic nitrogens is 1. The van der Waals surface area contributed by atoms with Crippen LogP contribution in [-0.2, 0) is 24.3 Å². The van der Waals surface area contributed by atoms with Gasteiger partial charge < -0.3 is 10.1 Å². The van der Waals surface area contributed by atoms with E-state index in [0.717, 1.165) is 37.5 Å². The van der Waals surface area contributed by atoms with Gasteiger partial charge in [0.2, 0.25) is 0 Å². The second kappa shape index (κ2) is 8.62. The zero-order valence-electron chi connectivity index (χ0n) is 12.1. The maximum Gasteiger partial charge on any atom is 0.119 e. The van der Waals surface area contributed by atoms with Gasteiger partial charge in [-0.3, -0.25) is 0 Å². The molecule has 0 saturated carbocycles. The summed E-state index contributed by atoms with van der Waals surface area (Å²) < 4.78 is 5.57. The van der Waals surface area contributed by atoms with Gasteiger partial charge in [-0.25, -0.2) is 4.98 Å². The molecule has 0 fully saturated rings. The lowest BCUT2D eigenvalue weighted by Gasteiger charge is -2.04. The molecular weight excluding hydrogens is 244 g/mol. The quantitative estimate of drug-likeness (QED) is 0.699. The molecule has 0 atom stereocenters. The Hall–Kier alpha value is -0.450. The Balaban J connectivity index is 2.65. The molecule has 104 valence electrons. The molecule has 0 aliphatic heterocycles. The highest BCUT2D eigenvalue weighted by Crippen LogP contribution is 2.22. The van der Waals surface area contributed by atoms with Gasteiger partial charge in [0.25, 0.3) is 0 Å². The summed E-state index contributed by atoms with van der Waals surface area (Å²) in [6.45, 7) is 12.2. The topological polar surface area (TPSA) is 34.1 Å². The van der Waals surface area contributed by atoms with Crippen LogP contribution in [0, 0.1) is 5.92 Å². The summed E-state index contributed by atoms with van der Waals surface area (Å²) in [5.74, 6) is 0.650. The predicted octanol–water partition coefficient (Wildman–Crippen LogP) is 3.38. The molecule has 1 aromatic rings. The number of rotatable bonds is 9. The van der Waals surface area contributed by atoms with Gasteiger partial charge in [-0.15, -0.1) is 11.3 Å². The van der Waals surface area contributed by atoms with Gasteiger partial charge in [-0.2, -0.15) is 0 Å². The predicted molar refractivity (Wildman–Crippen MR) is 78.0 cm³/mol. The molecular formula is C14H26N2OS. The molecule has 0 radical (unpaired) electrons. The Labute approximate surface area is 115 Å². The fraction of sp³-hybridized carbons (Fsp3) is 0.786. The van der Waals surface area contributed by atoms with Crippen molar-refractivity contribution in [3.05, 3.63) is 15.6 Å². The minimum absolute atomic E-state index is 0.650. The van der Waals surface area contributed by atoms with E-state index in [2.05, 4.69) is 33.0 Å². The van der Waals surface area contributed by atoms with Crippen LogP contribution in [0.2, 0.25) is 0 Å². The third kappa shape index (κ3) is 5.46. The number of nitrogens with zero attached hydrogens (tertiary/aromatic N) is 1. The molecule has 0 bridgehead atoms. The average Bonchev–Trinajstić information content (AvgIpc) is 2.68. The molecule has 3 nitrogen and oxygen atoms in total. The third-order valence-corrected chi connectivity index (χ3v) is 3.60. The molecule has 4 heteroatoms. The maximum absolute atomic E-state index is 5.57. The van der Waals surface area contributed by atoms with E-state index in [4.69, 9.17) is 9.72 Å². The summed E-state index contributed by atoms with van der Waals surface area (Å²) in [4.78, 5) is 6.10. The van der Waals surface area contributed by atoms with E-state index < -0.39 is 0 Å². The van der Waals surface area contributed by atoms with E-state index in [1.807, 2.05) is 0 Å². The molecule has 1 rings (SSSR count). The summed E-state index contributed by atoms with van der Waals surface area (Å²) in [7, 11) is 0.